The van der Waals surface area contributed by atoms with Gasteiger partial charge in [0.2, 0.25) is 5.89 Å². The molecule has 1 heterocycles. The zero-order chi connectivity index (χ0) is 16.4. The molecule has 0 saturated carbocycles. The Kier molecular flexibility index (Phi) is 8.50. The minimum Gasteiger partial charge on any atom is -0.371 e. The SMILES string of the molecule is CCCCN(C)C(=NCc1nc(C(C)OCC)no1)NCC. The molecule has 0 bridgehead atoms. The smallest absolute Gasteiger partial charge is 0.248 e. The molecule has 1 atom stereocenters. The molecular weight excluding hydrogens is 282 g/mol. The molecule has 0 aliphatic carbocycles. The maximum absolute atomic E-state index is 5.45. The van der Waals surface area contributed by atoms with Crippen LogP contribution in [0.25, 0.3) is 0 Å². The van der Waals surface area contributed by atoms with Crippen LogP contribution in [0.3, 0.4) is 0 Å². The summed E-state index contributed by atoms with van der Waals surface area (Å²) >= 11 is 0. The average Bonchev–Trinajstić information content (AvgIpc) is 2.98. The van der Waals surface area contributed by atoms with Gasteiger partial charge < -0.3 is 19.5 Å². The monoisotopic (exact) mass is 311 g/mol. The van der Waals surface area contributed by atoms with Gasteiger partial charge in [0.1, 0.15) is 12.6 Å². The van der Waals surface area contributed by atoms with Crippen LogP contribution in [0, 0.1) is 0 Å². The molecule has 7 heteroatoms. The first-order valence-electron chi connectivity index (χ1n) is 8.05. The standard InChI is InChI=1S/C15H29N5O2/c1-6-9-10-20(5)15(16-7-2)17-11-13-18-14(19-22-13)12(4)21-8-3/h12H,6-11H2,1-5H3,(H,16,17). The fourth-order valence-electron chi connectivity index (χ4n) is 1.94. The third kappa shape index (κ3) is 6.01. The molecule has 1 unspecified atom stereocenters. The predicted octanol–water partition coefficient (Wildman–Crippen LogP) is 2.36. The number of guanidine groups is 1. The Bertz CT molecular complexity index is 447. The molecule has 0 amide bonds. The molecule has 0 aromatic carbocycles. The van der Waals surface area contributed by atoms with Crippen molar-refractivity contribution in [2.75, 3.05) is 26.7 Å². The quantitative estimate of drug-likeness (QED) is 0.557. The van der Waals surface area contributed by atoms with Gasteiger partial charge in [0.25, 0.3) is 0 Å². The summed E-state index contributed by atoms with van der Waals surface area (Å²) in [4.78, 5) is 11.0. The Morgan fingerprint density at radius 3 is 2.82 bits per heavy atom. The van der Waals surface area contributed by atoms with E-state index < -0.39 is 0 Å². The Morgan fingerprint density at radius 1 is 1.41 bits per heavy atom. The maximum Gasteiger partial charge on any atom is 0.248 e. The zero-order valence-corrected chi connectivity index (χ0v) is 14.4. The lowest BCUT2D eigenvalue weighted by atomic mass is 10.3. The number of nitrogens with zero attached hydrogens (tertiary/aromatic N) is 4. The van der Waals surface area contributed by atoms with E-state index in [0.29, 0.717) is 24.9 Å². The first-order valence-corrected chi connectivity index (χ1v) is 8.05. The number of hydrogen-bond donors (Lipinski definition) is 1. The first kappa shape index (κ1) is 18.4. The van der Waals surface area contributed by atoms with Gasteiger partial charge in [-0.15, -0.1) is 0 Å². The molecule has 0 radical (unpaired) electrons. The summed E-state index contributed by atoms with van der Waals surface area (Å²) < 4.78 is 10.7. The number of aromatic nitrogens is 2. The van der Waals surface area contributed by atoms with Crippen molar-refractivity contribution in [3.63, 3.8) is 0 Å². The van der Waals surface area contributed by atoms with Gasteiger partial charge in [-0.2, -0.15) is 4.98 Å². The molecule has 0 aliphatic heterocycles. The number of hydrogen-bond acceptors (Lipinski definition) is 5. The topological polar surface area (TPSA) is 75.8 Å². The highest BCUT2D eigenvalue weighted by Crippen LogP contribution is 2.13. The highest BCUT2D eigenvalue weighted by atomic mass is 16.5. The van der Waals surface area contributed by atoms with Gasteiger partial charge in [-0.25, -0.2) is 4.99 Å². The predicted molar refractivity (Wildman–Crippen MR) is 86.7 cm³/mol. The summed E-state index contributed by atoms with van der Waals surface area (Å²) in [6.45, 7) is 10.9. The second-order valence-electron chi connectivity index (χ2n) is 5.09. The first-order chi connectivity index (χ1) is 10.6. The lowest BCUT2D eigenvalue weighted by molar-refractivity contribution is 0.0683. The second-order valence-corrected chi connectivity index (χ2v) is 5.09. The fraction of sp³-hybridized carbons (Fsp3) is 0.800. The van der Waals surface area contributed by atoms with Crippen molar-refractivity contribution < 1.29 is 9.26 Å². The van der Waals surface area contributed by atoms with Gasteiger partial charge in [0.15, 0.2) is 11.8 Å². The van der Waals surface area contributed by atoms with E-state index in [2.05, 4.69) is 39.2 Å². The molecule has 1 aromatic rings. The fourth-order valence-corrected chi connectivity index (χ4v) is 1.94. The van der Waals surface area contributed by atoms with Crippen molar-refractivity contribution in [1.29, 1.82) is 0 Å². The third-order valence-electron chi connectivity index (χ3n) is 3.17. The van der Waals surface area contributed by atoms with Gasteiger partial charge in [0.05, 0.1) is 0 Å². The van der Waals surface area contributed by atoms with Crippen molar-refractivity contribution in [3.05, 3.63) is 11.7 Å². The van der Waals surface area contributed by atoms with Gasteiger partial charge >= 0.3 is 0 Å². The molecule has 0 fully saturated rings. The van der Waals surface area contributed by atoms with Crippen LogP contribution in [-0.2, 0) is 11.3 Å². The van der Waals surface area contributed by atoms with E-state index in [-0.39, 0.29) is 6.10 Å². The van der Waals surface area contributed by atoms with E-state index in [1.165, 1.54) is 0 Å². The van der Waals surface area contributed by atoms with Crippen LogP contribution >= 0.6 is 0 Å². The Hall–Kier alpha value is -1.63. The average molecular weight is 311 g/mol. The number of nitrogens with one attached hydrogen (secondary N) is 1. The molecular formula is C15H29N5O2. The highest BCUT2D eigenvalue weighted by Gasteiger charge is 2.14. The van der Waals surface area contributed by atoms with Crippen molar-refractivity contribution in [1.82, 2.24) is 20.4 Å². The molecule has 0 saturated heterocycles. The van der Waals surface area contributed by atoms with Crippen LogP contribution < -0.4 is 5.32 Å². The molecule has 126 valence electrons. The number of aliphatic imine (C=N–C) groups is 1. The van der Waals surface area contributed by atoms with Crippen LogP contribution in [0.2, 0.25) is 0 Å². The zero-order valence-electron chi connectivity index (χ0n) is 14.4. The molecule has 0 aliphatic rings. The molecule has 22 heavy (non-hydrogen) atoms. The van der Waals surface area contributed by atoms with Crippen molar-refractivity contribution >= 4 is 5.96 Å². The number of rotatable bonds is 9. The third-order valence-corrected chi connectivity index (χ3v) is 3.17. The van der Waals surface area contributed by atoms with E-state index >= 15 is 0 Å². The summed E-state index contributed by atoms with van der Waals surface area (Å²) in [7, 11) is 2.04. The van der Waals surface area contributed by atoms with Crippen LogP contribution in [0.1, 0.15) is 58.4 Å². The number of unbranched alkanes of at least 4 members (excludes halogenated alkanes) is 1. The second kappa shape index (κ2) is 10.2. The molecule has 1 rings (SSSR count). The largest absolute Gasteiger partial charge is 0.371 e. The Morgan fingerprint density at radius 2 is 2.18 bits per heavy atom. The van der Waals surface area contributed by atoms with Crippen molar-refractivity contribution in [2.24, 2.45) is 4.99 Å². The van der Waals surface area contributed by atoms with Crippen LogP contribution in [0.5, 0.6) is 0 Å². The molecule has 1 N–H and O–H groups in total. The maximum atomic E-state index is 5.45. The number of ether oxygens (including phenoxy) is 1. The summed E-state index contributed by atoms with van der Waals surface area (Å²) in [5.74, 6) is 1.92. The van der Waals surface area contributed by atoms with Gasteiger partial charge in [-0.05, 0) is 27.2 Å². The van der Waals surface area contributed by atoms with Gasteiger partial charge in [-0.3, -0.25) is 0 Å². The molecule has 7 nitrogen and oxygen atoms in total. The van der Waals surface area contributed by atoms with Crippen LogP contribution in [0.15, 0.2) is 9.52 Å². The van der Waals surface area contributed by atoms with E-state index in [4.69, 9.17) is 9.26 Å². The molecule has 1 aromatic heterocycles. The van der Waals surface area contributed by atoms with Gasteiger partial charge in [-0.1, -0.05) is 18.5 Å². The van der Waals surface area contributed by atoms with E-state index in [0.717, 1.165) is 31.9 Å². The van der Waals surface area contributed by atoms with Gasteiger partial charge in [0, 0.05) is 26.7 Å². The van der Waals surface area contributed by atoms with Crippen molar-refractivity contribution in [2.45, 2.75) is 53.2 Å². The summed E-state index contributed by atoms with van der Waals surface area (Å²) in [5.41, 5.74) is 0. The summed E-state index contributed by atoms with van der Waals surface area (Å²) in [5, 5.41) is 7.21. The Balaban J connectivity index is 2.65. The minimum absolute atomic E-state index is 0.160. The summed E-state index contributed by atoms with van der Waals surface area (Å²) in [6, 6.07) is 0. The van der Waals surface area contributed by atoms with E-state index in [9.17, 15) is 0 Å². The normalized spacial score (nSPS) is 13.2. The minimum atomic E-state index is -0.160. The Labute approximate surface area is 133 Å². The molecule has 0 spiro atoms. The lowest BCUT2D eigenvalue weighted by Gasteiger charge is -2.21. The van der Waals surface area contributed by atoms with Crippen LogP contribution in [-0.4, -0.2) is 47.7 Å². The highest BCUT2D eigenvalue weighted by molar-refractivity contribution is 5.79. The van der Waals surface area contributed by atoms with Crippen LogP contribution in [0.4, 0.5) is 0 Å². The summed E-state index contributed by atoms with van der Waals surface area (Å²) in [6.07, 6.45) is 2.13. The van der Waals surface area contributed by atoms with E-state index in [1.54, 1.807) is 0 Å². The van der Waals surface area contributed by atoms with E-state index in [1.807, 2.05) is 20.9 Å². The lowest BCUT2D eigenvalue weighted by Crippen LogP contribution is -2.39. The van der Waals surface area contributed by atoms with Crippen molar-refractivity contribution in [3.8, 4) is 0 Å².